The van der Waals surface area contributed by atoms with Crippen LogP contribution in [0.25, 0.3) is 5.52 Å². The molecule has 0 saturated heterocycles. The van der Waals surface area contributed by atoms with Crippen LogP contribution in [0.15, 0.2) is 36.7 Å². The summed E-state index contributed by atoms with van der Waals surface area (Å²) in [4.78, 5) is 23.1. The highest BCUT2D eigenvalue weighted by Gasteiger charge is 2.30. The lowest BCUT2D eigenvalue weighted by Gasteiger charge is -2.11. The molecular weight excluding hydrogens is 256 g/mol. The Balaban J connectivity index is 1.69. The number of fused-ring (bicyclic) bond motifs is 1. The lowest BCUT2D eigenvalue weighted by molar-refractivity contribution is -0.141. The number of aromatic nitrogens is 1. The van der Waals surface area contributed by atoms with Gasteiger partial charge in [0.05, 0.1) is 11.5 Å². The molecule has 1 aliphatic rings. The largest absolute Gasteiger partial charge is 0.481 e. The van der Waals surface area contributed by atoms with E-state index in [4.69, 9.17) is 5.11 Å². The van der Waals surface area contributed by atoms with Crippen LogP contribution < -0.4 is 5.32 Å². The molecule has 20 heavy (non-hydrogen) atoms. The second-order valence-corrected chi connectivity index (χ2v) is 5.28. The summed E-state index contributed by atoms with van der Waals surface area (Å²) < 4.78 is 1.89. The monoisotopic (exact) mass is 272 g/mol. The van der Waals surface area contributed by atoms with Gasteiger partial charge in [-0.25, -0.2) is 0 Å². The molecule has 1 saturated carbocycles. The lowest BCUT2D eigenvalue weighted by atomic mass is 10.1. The highest BCUT2D eigenvalue weighted by atomic mass is 16.4. The predicted molar refractivity (Wildman–Crippen MR) is 73.6 cm³/mol. The molecule has 1 amide bonds. The number of carboxylic acids is 1. The normalized spacial score (nSPS) is 22.0. The Morgan fingerprint density at radius 1 is 1.30 bits per heavy atom. The molecule has 5 nitrogen and oxygen atoms in total. The van der Waals surface area contributed by atoms with Crippen LogP contribution in [0.3, 0.4) is 0 Å². The molecule has 3 rings (SSSR count). The Morgan fingerprint density at radius 3 is 2.85 bits per heavy atom. The fourth-order valence-electron chi connectivity index (χ4n) is 2.79. The molecule has 0 aliphatic heterocycles. The third kappa shape index (κ3) is 2.39. The van der Waals surface area contributed by atoms with Gasteiger partial charge in [0.15, 0.2) is 0 Å². The van der Waals surface area contributed by atoms with E-state index in [0.717, 1.165) is 11.9 Å². The van der Waals surface area contributed by atoms with Gasteiger partial charge in [-0.05, 0) is 37.5 Å². The molecule has 2 aromatic rings. The Kier molecular flexibility index (Phi) is 3.18. The Bertz CT molecular complexity index is 629. The van der Waals surface area contributed by atoms with Gasteiger partial charge < -0.3 is 14.8 Å². The van der Waals surface area contributed by atoms with Crippen molar-refractivity contribution in [1.82, 2.24) is 9.72 Å². The molecule has 5 heteroatoms. The summed E-state index contributed by atoms with van der Waals surface area (Å²) in [6, 6.07) is 7.56. The van der Waals surface area contributed by atoms with Crippen molar-refractivity contribution in [3.8, 4) is 0 Å². The van der Waals surface area contributed by atoms with Crippen LogP contribution in [-0.4, -0.2) is 27.4 Å². The number of amides is 1. The minimum atomic E-state index is -0.767. The molecule has 1 aliphatic carbocycles. The van der Waals surface area contributed by atoms with E-state index in [2.05, 4.69) is 5.32 Å². The summed E-state index contributed by atoms with van der Waals surface area (Å²) in [5.74, 6) is -1.23. The van der Waals surface area contributed by atoms with Gasteiger partial charge in [0.25, 0.3) is 5.91 Å². The maximum Gasteiger partial charge on any atom is 0.306 e. The second-order valence-electron chi connectivity index (χ2n) is 5.28. The molecular formula is C15H16N2O3. The molecule has 2 N–H and O–H groups in total. The van der Waals surface area contributed by atoms with Gasteiger partial charge in [-0.1, -0.05) is 6.07 Å². The average Bonchev–Trinajstić information content (AvgIpc) is 3.04. The SMILES string of the molecule is O=C(N[C@H]1CC[C@@H](C(=O)O)C1)c1cc2ccccn2c1. The third-order valence-electron chi connectivity index (χ3n) is 3.88. The van der Waals surface area contributed by atoms with E-state index in [-0.39, 0.29) is 17.9 Å². The van der Waals surface area contributed by atoms with Crippen molar-refractivity contribution >= 4 is 17.4 Å². The summed E-state index contributed by atoms with van der Waals surface area (Å²) in [7, 11) is 0. The van der Waals surface area contributed by atoms with Crippen LogP contribution in [0.1, 0.15) is 29.6 Å². The highest BCUT2D eigenvalue weighted by Crippen LogP contribution is 2.26. The molecule has 0 bridgehead atoms. The number of hydrogen-bond donors (Lipinski definition) is 2. The molecule has 0 aromatic carbocycles. The average molecular weight is 272 g/mol. The number of hydrogen-bond acceptors (Lipinski definition) is 2. The van der Waals surface area contributed by atoms with E-state index in [1.165, 1.54) is 0 Å². The topological polar surface area (TPSA) is 70.8 Å². The third-order valence-corrected chi connectivity index (χ3v) is 3.88. The van der Waals surface area contributed by atoms with Crippen molar-refractivity contribution in [1.29, 1.82) is 0 Å². The molecule has 104 valence electrons. The first kappa shape index (κ1) is 12.7. The predicted octanol–water partition coefficient (Wildman–Crippen LogP) is 1.92. The first-order chi connectivity index (χ1) is 9.63. The number of nitrogens with zero attached hydrogens (tertiary/aromatic N) is 1. The molecule has 2 atom stereocenters. The van der Waals surface area contributed by atoms with Crippen molar-refractivity contribution in [2.75, 3.05) is 0 Å². The molecule has 0 radical (unpaired) electrons. The number of nitrogens with one attached hydrogen (secondary N) is 1. The molecule has 0 spiro atoms. The van der Waals surface area contributed by atoms with Crippen LogP contribution in [0.2, 0.25) is 0 Å². The van der Waals surface area contributed by atoms with Crippen LogP contribution in [0.5, 0.6) is 0 Å². The first-order valence-corrected chi connectivity index (χ1v) is 6.74. The summed E-state index contributed by atoms with van der Waals surface area (Å²) in [5.41, 5.74) is 1.57. The second kappa shape index (κ2) is 5.00. The van der Waals surface area contributed by atoms with E-state index in [1.54, 1.807) is 6.20 Å². The van der Waals surface area contributed by atoms with E-state index >= 15 is 0 Å². The molecule has 2 aromatic heterocycles. The number of carbonyl (C=O) groups excluding carboxylic acids is 1. The van der Waals surface area contributed by atoms with Gasteiger partial charge in [-0.3, -0.25) is 9.59 Å². The first-order valence-electron chi connectivity index (χ1n) is 6.74. The van der Waals surface area contributed by atoms with Gasteiger partial charge >= 0.3 is 5.97 Å². The van der Waals surface area contributed by atoms with Gasteiger partial charge in [0.1, 0.15) is 0 Å². The van der Waals surface area contributed by atoms with Gasteiger partial charge in [-0.15, -0.1) is 0 Å². The fraction of sp³-hybridized carbons (Fsp3) is 0.333. The van der Waals surface area contributed by atoms with E-state index in [0.29, 0.717) is 18.4 Å². The molecule has 2 heterocycles. The maximum absolute atomic E-state index is 12.2. The lowest BCUT2D eigenvalue weighted by Crippen LogP contribution is -2.33. The van der Waals surface area contributed by atoms with Crippen LogP contribution in [-0.2, 0) is 4.79 Å². The van der Waals surface area contributed by atoms with Crippen LogP contribution in [0, 0.1) is 5.92 Å². The fourth-order valence-corrected chi connectivity index (χ4v) is 2.79. The number of pyridine rings is 1. The van der Waals surface area contributed by atoms with E-state index < -0.39 is 5.97 Å². The quantitative estimate of drug-likeness (QED) is 0.896. The summed E-state index contributed by atoms with van der Waals surface area (Å²) in [5, 5.41) is 11.9. The Labute approximate surface area is 116 Å². The molecule has 0 unspecified atom stereocenters. The highest BCUT2D eigenvalue weighted by molar-refractivity contribution is 5.95. The van der Waals surface area contributed by atoms with E-state index in [1.807, 2.05) is 34.9 Å². The van der Waals surface area contributed by atoms with Crippen molar-refractivity contribution in [2.45, 2.75) is 25.3 Å². The summed E-state index contributed by atoms with van der Waals surface area (Å²) in [6.07, 6.45) is 5.57. The molecule has 1 fully saturated rings. The van der Waals surface area contributed by atoms with E-state index in [9.17, 15) is 9.59 Å². The van der Waals surface area contributed by atoms with Crippen LogP contribution in [0.4, 0.5) is 0 Å². The standard InChI is InChI=1S/C15H16N2O3/c18-14(16-12-5-4-10(7-12)15(19)20)11-8-13-3-1-2-6-17(13)9-11/h1-3,6,8-10,12H,4-5,7H2,(H,16,18)(H,19,20)/t10-,12+/m1/s1. The van der Waals surface area contributed by atoms with Crippen molar-refractivity contribution < 1.29 is 14.7 Å². The zero-order valence-corrected chi connectivity index (χ0v) is 11.0. The number of carbonyl (C=O) groups is 2. The summed E-state index contributed by atoms with van der Waals surface area (Å²) >= 11 is 0. The van der Waals surface area contributed by atoms with Gasteiger partial charge in [-0.2, -0.15) is 0 Å². The van der Waals surface area contributed by atoms with Crippen molar-refractivity contribution in [3.05, 3.63) is 42.2 Å². The smallest absolute Gasteiger partial charge is 0.306 e. The van der Waals surface area contributed by atoms with Crippen molar-refractivity contribution in [3.63, 3.8) is 0 Å². The van der Waals surface area contributed by atoms with Gasteiger partial charge in [0.2, 0.25) is 0 Å². The van der Waals surface area contributed by atoms with Gasteiger partial charge in [0, 0.05) is 24.0 Å². The van der Waals surface area contributed by atoms with Crippen molar-refractivity contribution in [2.24, 2.45) is 5.92 Å². The number of aliphatic carboxylic acids is 1. The number of rotatable bonds is 3. The number of carboxylic acid groups (broad SMARTS) is 1. The zero-order chi connectivity index (χ0) is 14.1. The Morgan fingerprint density at radius 2 is 2.15 bits per heavy atom. The zero-order valence-electron chi connectivity index (χ0n) is 11.0. The van der Waals surface area contributed by atoms with Crippen LogP contribution >= 0.6 is 0 Å². The minimum absolute atomic E-state index is 0.0355. The maximum atomic E-state index is 12.2. The Hall–Kier alpha value is -2.30. The summed E-state index contributed by atoms with van der Waals surface area (Å²) in [6.45, 7) is 0. The minimum Gasteiger partial charge on any atom is -0.481 e.